The zero-order chi connectivity index (χ0) is 24.9. The number of nitrogens with zero attached hydrogens (tertiary/aromatic N) is 1. The van der Waals surface area contributed by atoms with Gasteiger partial charge in [-0.1, -0.05) is 12.1 Å². The van der Waals surface area contributed by atoms with E-state index in [0.717, 1.165) is 27.8 Å². The van der Waals surface area contributed by atoms with Crippen LogP contribution in [0.1, 0.15) is 84.1 Å². The number of carbonyl (C=O) groups is 3. The Morgan fingerprint density at radius 1 is 1.15 bits per heavy atom. The molecule has 1 aliphatic carbocycles. The molecular formula is C25H33ClN2O5. The Morgan fingerprint density at radius 2 is 1.82 bits per heavy atom. The van der Waals surface area contributed by atoms with Gasteiger partial charge in [0.2, 0.25) is 5.91 Å². The molecule has 33 heavy (non-hydrogen) atoms. The lowest BCUT2D eigenvalue weighted by molar-refractivity contribution is -0.119. The maximum absolute atomic E-state index is 13.1. The van der Waals surface area contributed by atoms with Crippen molar-refractivity contribution in [2.45, 2.75) is 73.3 Å². The average Bonchev–Trinajstić information content (AvgIpc) is 2.74. The molecule has 0 bridgehead atoms. The van der Waals surface area contributed by atoms with E-state index in [1.54, 1.807) is 6.92 Å². The van der Waals surface area contributed by atoms with Crippen LogP contribution >= 0.6 is 11.6 Å². The number of amides is 1. The van der Waals surface area contributed by atoms with Gasteiger partial charge in [-0.2, -0.15) is 0 Å². The molecule has 1 aliphatic rings. The molecule has 0 aromatic heterocycles. The number of alkyl halides is 1. The smallest absolute Gasteiger partial charge is 0.235 e. The van der Waals surface area contributed by atoms with E-state index in [9.17, 15) is 19.5 Å². The summed E-state index contributed by atoms with van der Waals surface area (Å²) in [6, 6.07) is 0. The number of aliphatic hydroxyl groups is 1. The molecule has 2 N–H and O–H groups in total. The number of oxime groups is 1. The van der Waals surface area contributed by atoms with Crippen LogP contribution < -0.4 is 5.32 Å². The van der Waals surface area contributed by atoms with Gasteiger partial charge in [0.25, 0.3) is 0 Å². The zero-order valence-electron chi connectivity index (χ0n) is 20.2. The summed E-state index contributed by atoms with van der Waals surface area (Å²) >= 11 is 5.62. The molecule has 0 saturated heterocycles. The largest absolute Gasteiger partial charge is 0.511 e. The Kier molecular flexibility index (Phi) is 9.23. The molecule has 0 spiro atoms. The molecule has 0 heterocycles. The third-order valence-electron chi connectivity index (χ3n) is 6.17. The number of halogens is 1. The zero-order valence-corrected chi connectivity index (χ0v) is 21.0. The lowest BCUT2D eigenvalue weighted by Gasteiger charge is -2.29. The number of nitrogens with one attached hydrogen (secondary N) is 1. The summed E-state index contributed by atoms with van der Waals surface area (Å²) in [6.45, 7) is 11.4. The van der Waals surface area contributed by atoms with E-state index in [1.165, 1.54) is 6.92 Å². The number of rotatable bonds is 9. The number of aliphatic hydroxyl groups excluding tert-OH is 1. The van der Waals surface area contributed by atoms with E-state index in [0.29, 0.717) is 24.3 Å². The highest BCUT2D eigenvalue weighted by Crippen LogP contribution is 2.40. The van der Waals surface area contributed by atoms with Crippen molar-refractivity contribution in [2.24, 2.45) is 5.16 Å². The van der Waals surface area contributed by atoms with Crippen molar-refractivity contribution in [3.05, 3.63) is 44.7 Å². The minimum absolute atomic E-state index is 0.0164. The van der Waals surface area contributed by atoms with Crippen molar-refractivity contribution < 1.29 is 24.3 Å². The number of ketones is 2. The van der Waals surface area contributed by atoms with Gasteiger partial charge < -0.3 is 15.3 Å². The van der Waals surface area contributed by atoms with Crippen LogP contribution in [0, 0.1) is 20.8 Å². The number of carbonyl (C=O) groups excluding carboxylic acids is 3. The van der Waals surface area contributed by atoms with Gasteiger partial charge in [-0.05, 0) is 74.8 Å². The normalized spacial score (nSPS) is 16.8. The second kappa shape index (κ2) is 11.5. The molecule has 2 rings (SSSR count). The molecular weight excluding hydrogens is 444 g/mol. The van der Waals surface area contributed by atoms with Gasteiger partial charge in [-0.15, -0.1) is 11.6 Å². The van der Waals surface area contributed by atoms with Crippen molar-refractivity contribution in [3.63, 3.8) is 0 Å². The van der Waals surface area contributed by atoms with Crippen molar-refractivity contribution in [1.82, 2.24) is 5.32 Å². The third-order valence-corrected chi connectivity index (χ3v) is 6.42. The minimum Gasteiger partial charge on any atom is -0.511 e. The highest BCUT2D eigenvalue weighted by molar-refractivity contribution is 6.27. The van der Waals surface area contributed by atoms with Crippen LogP contribution in [0.3, 0.4) is 0 Å². The molecule has 0 aliphatic heterocycles. The van der Waals surface area contributed by atoms with Crippen LogP contribution in [-0.4, -0.2) is 40.8 Å². The van der Waals surface area contributed by atoms with E-state index >= 15 is 0 Å². The minimum atomic E-state index is -0.305. The van der Waals surface area contributed by atoms with E-state index < -0.39 is 0 Å². The summed E-state index contributed by atoms with van der Waals surface area (Å²) in [4.78, 5) is 42.5. The molecule has 1 aromatic rings. The van der Waals surface area contributed by atoms with Gasteiger partial charge in [0.1, 0.15) is 18.2 Å². The molecule has 8 heteroatoms. The Balaban J connectivity index is 2.60. The Labute approximate surface area is 200 Å². The molecule has 180 valence electrons. The first-order valence-electron chi connectivity index (χ1n) is 11.2. The van der Waals surface area contributed by atoms with Crippen LogP contribution in [0.15, 0.2) is 16.5 Å². The molecule has 0 radical (unpaired) electrons. The number of Topliss-reactive ketones (excluding diaryl/α,β-unsaturated/α-hetero) is 2. The maximum atomic E-state index is 13.1. The number of benzene rings is 1. The van der Waals surface area contributed by atoms with Gasteiger partial charge >= 0.3 is 0 Å². The maximum Gasteiger partial charge on any atom is 0.235 e. The SMILES string of the molecule is CCON=C(CC)C1=C(O)CC(c2c(C)c(CNC(=O)CCl)c(C)c(C(C)=O)c2C)CC1=O. The first-order chi connectivity index (χ1) is 15.6. The van der Waals surface area contributed by atoms with E-state index in [1.807, 2.05) is 27.7 Å². The molecule has 7 nitrogen and oxygen atoms in total. The summed E-state index contributed by atoms with van der Waals surface area (Å²) in [7, 11) is 0. The van der Waals surface area contributed by atoms with E-state index in [-0.39, 0.29) is 60.0 Å². The predicted molar refractivity (Wildman–Crippen MR) is 129 cm³/mol. The topological polar surface area (TPSA) is 105 Å². The van der Waals surface area contributed by atoms with E-state index in [4.69, 9.17) is 16.4 Å². The molecule has 1 aromatic carbocycles. The van der Waals surface area contributed by atoms with E-state index in [2.05, 4.69) is 10.5 Å². The lowest BCUT2D eigenvalue weighted by Crippen LogP contribution is -2.27. The quantitative estimate of drug-likeness (QED) is 0.232. The van der Waals surface area contributed by atoms with Crippen molar-refractivity contribution >= 4 is 34.8 Å². The van der Waals surface area contributed by atoms with Crippen molar-refractivity contribution in [2.75, 3.05) is 12.5 Å². The van der Waals surface area contributed by atoms with Gasteiger partial charge in [-0.3, -0.25) is 14.4 Å². The fourth-order valence-corrected chi connectivity index (χ4v) is 4.88. The van der Waals surface area contributed by atoms with Gasteiger partial charge in [0.05, 0.1) is 11.3 Å². The number of hydrogen-bond acceptors (Lipinski definition) is 6. The summed E-state index contributed by atoms with van der Waals surface area (Å²) in [5.41, 5.74) is 5.44. The van der Waals surface area contributed by atoms with Crippen molar-refractivity contribution in [3.8, 4) is 0 Å². The van der Waals surface area contributed by atoms with Crippen LogP contribution in [-0.2, 0) is 21.0 Å². The number of hydrogen-bond donors (Lipinski definition) is 2. The van der Waals surface area contributed by atoms with Gasteiger partial charge in [0, 0.05) is 24.9 Å². The molecule has 1 atom stereocenters. The summed E-state index contributed by atoms with van der Waals surface area (Å²) in [6.07, 6.45) is 0.888. The monoisotopic (exact) mass is 476 g/mol. The highest BCUT2D eigenvalue weighted by atomic mass is 35.5. The highest BCUT2D eigenvalue weighted by Gasteiger charge is 2.34. The van der Waals surface area contributed by atoms with Crippen LogP contribution in [0.4, 0.5) is 0 Å². The summed E-state index contributed by atoms with van der Waals surface area (Å²) in [5, 5.41) is 17.6. The standard InChI is InChI=1S/C25H33ClN2O5/c1-7-19(28-33-8-2)25-20(30)9-17(10-21(25)31)24-14(4)18(12-27-22(32)11-26)13(3)23(15(24)5)16(6)29/h17,30H,7-12H2,1-6H3,(H,27,32). The van der Waals surface area contributed by atoms with Crippen LogP contribution in [0.2, 0.25) is 0 Å². The first kappa shape index (κ1) is 26.6. The molecule has 1 unspecified atom stereocenters. The lowest BCUT2D eigenvalue weighted by atomic mass is 9.75. The molecule has 1 amide bonds. The van der Waals surface area contributed by atoms with Gasteiger partial charge in [-0.25, -0.2) is 0 Å². The van der Waals surface area contributed by atoms with Gasteiger partial charge in [0.15, 0.2) is 11.6 Å². The van der Waals surface area contributed by atoms with Crippen LogP contribution in [0.5, 0.6) is 0 Å². The fourth-order valence-electron chi connectivity index (χ4n) is 4.79. The molecule has 0 saturated carbocycles. The average molecular weight is 477 g/mol. The Hall–Kier alpha value is -2.67. The Bertz CT molecular complexity index is 1030. The second-order valence-electron chi connectivity index (χ2n) is 8.27. The number of allylic oxidation sites excluding steroid dienone is 2. The molecule has 0 fully saturated rings. The van der Waals surface area contributed by atoms with Crippen molar-refractivity contribution in [1.29, 1.82) is 0 Å². The second-order valence-corrected chi connectivity index (χ2v) is 8.54. The summed E-state index contributed by atoms with van der Waals surface area (Å²) < 4.78 is 0. The Morgan fingerprint density at radius 3 is 2.33 bits per heavy atom. The first-order valence-corrected chi connectivity index (χ1v) is 11.7. The summed E-state index contributed by atoms with van der Waals surface area (Å²) in [5.74, 6) is -1.07. The van der Waals surface area contributed by atoms with Crippen LogP contribution in [0.25, 0.3) is 0 Å². The predicted octanol–water partition coefficient (Wildman–Crippen LogP) is 4.73. The third kappa shape index (κ3) is 5.64. The fraction of sp³-hybridized carbons (Fsp3) is 0.520.